The van der Waals surface area contributed by atoms with Gasteiger partial charge in [0.2, 0.25) is 0 Å². The topological polar surface area (TPSA) is 66.7 Å². The number of ether oxygens (including phenoxy) is 1. The van der Waals surface area contributed by atoms with Gasteiger partial charge in [0.1, 0.15) is 5.75 Å². The molecule has 6 nitrogen and oxygen atoms in total. The zero-order chi connectivity index (χ0) is 19.6. The fourth-order valence-electron chi connectivity index (χ4n) is 3.15. The summed E-state index contributed by atoms with van der Waals surface area (Å²) in [5, 5.41) is 5.89. The van der Waals surface area contributed by atoms with E-state index in [1.54, 1.807) is 12.5 Å². The average Bonchev–Trinajstić information content (AvgIpc) is 3.25. The van der Waals surface area contributed by atoms with Crippen molar-refractivity contribution in [3.8, 4) is 5.75 Å². The van der Waals surface area contributed by atoms with E-state index < -0.39 is 0 Å². The number of hydrogen-bond acceptors (Lipinski definition) is 5. The van der Waals surface area contributed by atoms with Crippen LogP contribution in [0, 0.1) is 0 Å². The number of carbonyl (C=O) groups is 1. The summed E-state index contributed by atoms with van der Waals surface area (Å²) < 4.78 is 10.9. The zero-order valence-corrected chi connectivity index (χ0v) is 17.2. The number of furan rings is 1. The van der Waals surface area contributed by atoms with E-state index in [0.29, 0.717) is 13.2 Å². The third-order valence-corrected chi connectivity index (χ3v) is 5.69. The molecule has 0 unspecified atom stereocenters. The van der Waals surface area contributed by atoms with Crippen LogP contribution in [0.2, 0.25) is 0 Å². The van der Waals surface area contributed by atoms with Crippen LogP contribution >= 0.6 is 11.8 Å². The second kappa shape index (κ2) is 11.0. The Morgan fingerprint density at radius 3 is 2.71 bits per heavy atom. The van der Waals surface area contributed by atoms with Gasteiger partial charge in [0, 0.05) is 42.4 Å². The monoisotopic (exact) mass is 403 g/mol. The van der Waals surface area contributed by atoms with Gasteiger partial charge < -0.3 is 19.8 Å². The average molecular weight is 404 g/mol. The molecule has 0 bridgehead atoms. The number of nitrogens with one attached hydrogen (secondary N) is 2. The molecule has 2 heterocycles. The Hall–Kier alpha value is -2.12. The molecule has 1 aliphatic heterocycles. The number of benzene rings is 1. The summed E-state index contributed by atoms with van der Waals surface area (Å²) in [7, 11) is 0. The first-order valence-corrected chi connectivity index (χ1v) is 11.0. The number of urea groups is 1. The lowest BCUT2D eigenvalue weighted by molar-refractivity contribution is 0.208. The fourth-order valence-corrected chi connectivity index (χ4v) is 4.08. The van der Waals surface area contributed by atoms with Crippen LogP contribution in [-0.4, -0.2) is 48.7 Å². The van der Waals surface area contributed by atoms with Crippen molar-refractivity contribution < 1.29 is 13.9 Å². The Bertz CT molecular complexity index is 700. The zero-order valence-electron chi connectivity index (χ0n) is 16.4. The second-order valence-electron chi connectivity index (χ2n) is 6.78. The van der Waals surface area contributed by atoms with Gasteiger partial charge in [-0.25, -0.2) is 4.79 Å². The van der Waals surface area contributed by atoms with Crippen LogP contribution < -0.4 is 15.4 Å². The molecular weight excluding hydrogens is 374 g/mol. The summed E-state index contributed by atoms with van der Waals surface area (Å²) in [5.41, 5.74) is 1.84. The quantitative estimate of drug-likeness (QED) is 0.609. The van der Waals surface area contributed by atoms with E-state index in [2.05, 4.69) is 22.5 Å². The molecule has 152 valence electrons. The minimum atomic E-state index is -0.209. The summed E-state index contributed by atoms with van der Waals surface area (Å²) in [5.74, 6) is 3.06. The normalized spacial score (nSPS) is 15.8. The van der Waals surface area contributed by atoms with Gasteiger partial charge in [-0.05, 0) is 36.8 Å². The molecule has 2 N–H and O–H groups in total. The lowest BCUT2D eigenvalue weighted by atomic mass is 10.1. The Morgan fingerprint density at radius 2 is 2.04 bits per heavy atom. The molecular formula is C21H29N3O3S. The van der Waals surface area contributed by atoms with Gasteiger partial charge in [0.05, 0.1) is 25.2 Å². The first-order valence-electron chi connectivity index (χ1n) is 9.88. The lowest BCUT2D eigenvalue weighted by Crippen LogP contribution is -2.42. The third kappa shape index (κ3) is 6.21. The van der Waals surface area contributed by atoms with Gasteiger partial charge in [0.25, 0.3) is 0 Å². The molecule has 2 amide bonds. The van der Waals surface area contributed by atoms with E-state index >= 15 is 0 Å². The minimum absolute atomic E-state index is 0.125. The maximum absolute atomic E-state index is 12.4. The van der Waals surface area contributed by atoms with Crippen molar-refractivity contribution in [3.05, 3.63) is 48.4 Å². The van der Waals surface area contributed by atoms with Crippen LogP contribution in [0.1, 0.15) is 31.4 Å². The highest BCUT2D eigenvalue weighted by molar-refractivity contribution is 7.99. The van der Waals surface area contributed by atoms with Crippen molar-refractivity contribution in [1.82, 2.24) is 10.2 Å². The predicted octanol–water partition coefficient (Wildman–Crippen LogP) is 4.37. The standard InChI is InChI=1S/C21H29N3O3S/c1-2-3-11-27-19-6-4-18(5-7-19)23-21(25)22-15-20(17-8-12-26-16-17)24-9-13-28-14-10-24/h4-8,12,16,20H,2-3,9-11,13-15H2,1H3,(H2,22,23,25)/t20-/m1/s1. The highest BCUT2D eigenvalue weighted by Gasteiger charge is 2.23. The van der Waals surface area contributed by atoms with Crippen molar-refractivity contribution in [3.63, 3.8) is 0 Å². The lowest BCUT2D eigenvalue weighted by Gasteiger charge is -2.33. The van der Waals surface area contributed by atoms with Crippen molar-refractivity contribution in [2.24, 2.45) is 0 Å². The summed E-state index contributed by atoms with van der Waals surface area (Å²) >= 11 is 1.97. The SMILES string of the molecule is CCCCOc1ccc(NC(=O)NC[C@H](c2ccoc2)N2CCSCC2)cc1. The van der Waals surface area contributed by atoms with Crippen LogP contribution in [-0.2, 0) is 0 Å². The number of amides is 2. The Morgan fingerprint density at radius 1 is 1.25 bits per heavy atom. The van der Waals surface area contributed by atoms with Crippen molar-refractivity contribution in [1.29, 1.82) is 0 Å². The Labute approximate surface area is 171 Å². The molecule has 3 rings (SSSR count). The summed E-state index contributed by atoms with van der Waals surface area (Å²) in [6, 6.07) is 9.37. The van der Waals surface area contributed by atoms with Crippen LogP contribution in [0.15, 0.2) is 47.3 Å². The number of hydrogen-bond donors (Lipinski definition) is 2. The molecule has 7 heteroatoms. The second-order valence-corrected chi connectivity index (χ2v) is 8.01. The van der Waals surface area contributed by atoms with E-state index in [4.69, 9.17) is 9.15 Å². The number of thioether (sulfide) groups is 1. The molecule has 0 spiro atoms. The minimum Gasteiger partial charge on any atom is -0.494 e. The Balaban J connectivity index is 1.50. The van der Waals surface area contributed by atoms with Crippen molar-refractivity contribution in [2.75, 3.05) is 43.1 Å². The largest absolute Gasteiger partial charge is 0.494 e. The summed E-state index contributed by atoms with van der Waals surface area (Å²) in [6.45, 7) is 5.42. The molecule has 1 atom stereocenters. The third-order valence-electron chi connectivity index (χ3n) is 4.75. The van der Waals surface area contributed by atoms with Crippen LogP contribution in [0.4, 0.5) is 10.5 Å². The molecule has 0 aliphatic carbocycles. The van der Waals surface area contributed by atoms with Gasteiger partial charge in [-0.1, -0.05) is 13.3 Å². The molecule has 2 aromatic rings. The molecule has 1 aliphatic rings. The van der Waals surface area contributed by atoms with Crippen molar-refractivity contribution in [2.45, 2.75) is 25.8 Å². The van der Waals surface area contributed by atoms with E-state index in [9.17, 15) is 4.79 Å². The van der Waals surface area contributed by atoms with Gasteiger partial charge in [-0.15, -0.1) is 0 Å². The number of carbonyl (C=O) groups excluding carboxylic acids is 1. The van der Waals surface area contributed by atoms with Crippen LogP contribution in [0.3, 0.4) is 0 Å². The number of nitrogens with zero attached hydrogens (tertiary/aromatic N) is 1. The highest BCUT2D eigenvalue weighted by Crippen LogP contribution is 2.24. The van der Waals surface area contributed by atoms with E-state index in [0.717, 1.165) is 54.4 Å². The molecule has 1 fully saturated rings. The molecule has 28 heavy (non-hydrogen) atoms. The first-order chi connectivity index (χ1) is 13.8. The van der Waals surface area contributed by atoms with Crippen LogP contribution in [0.5, 0.6) is 5.75 Å². The predicted molar refractivity (Wildman–Crippen MR) is 114 cm³/mol. The smallest absolute Gasteiger partial charge is 0.319 e. The van der Waals surface area contributed by atoms with Crippen LogP contribution in [0.25, 0.3) is 0 Å². The van der Waals surface area contributed by atoms with E-state index in [1.165, 1.54) is 0 Å². The van der Waals surface area contributed by atoms with E-state index in [-0.39, 0.29) is 12.1 Å². The van der Waals surface area contributed by atoms with Gasteiger partial charge >= 0.3 is 6.03 Å². The number of unbranched alkanes of at least 4 members (excludes halogenated alkanes) is 1. The number of anilines is 1. The van der Waals surface area contributed by atoms with Gasteiger partial charge in [-0.3, -0.25) is 4.90 Å². The molecule has 1 aromatic heterocycles. The molecule has 1 saturated heterocycles. The Kier molecular flexibility index (Phi) is 8.11. The highest BCUT2D eigenvalue weighted by atomic mass is 32.2. The van der Waals surface area contributed by atoms with Gasteiger partial charge in [0.15, 0.2) is 0 Å². The molecule has 0 saturated carbocycles. The first kappa shape index (κ1) is 20.6. The maximum atomic E-state index is 12.4. The summed E-state index contributed by atoms with van der Waals surface area (Å²) in [6.07, 6.45) is 5.60. The van der Waals surface area contributed by atoms with E-state index in [1.807, 2.05) is 42.1 Å². The summed E-state index contributed by atoms with van der Waals surface area (Å²) in [4.78, 5) is 14.8. The van der Waals surface area contributed by atoms with Gasteiger partial charge in [-0.2, -0.15) is 11.8 Å². The number of rotatable bonds is 9. The molecule has 0 radical (unpaired) electrons. The molecule has 1 aromatic carbocycles. The van der Waals surface area contributed by atoms with Crippen molar-refractivity contribution >= 4 is 23.5 Å². The fraction of sp³-hybridized carbons (Fsp3) is 0.476. The maximum Gasteiger partial charge on any atom is 0.319 e.